The third-order valence-electron chi connectivity index (χ3n) is 5.24. The van der Waals surface area contributed by atoms with Crippen LogP contribution < -0.4 is 5.32 Å². The van der Waals surface area contributed by atoms with Crippen LogP contribution in [0.3, 0.4) is 0 Å². The van der Waals surface area contributed by atoms with E-state index in [4.69, 9.17) is 4.42 Å². The van der Waals surface area contributed by atoms with Crippen molar-refractivity contribution in [1.29, 1.82) is 0 Å². The minimum Gasteiger partial charge on any atom is -0.436 e. The Kier molecular flexibility index (Phi) is 4.93. The van der Waals surface area contributed by atoms with Crippen molar-refractivity contribution in [3.63, 3.8) is 0 Å². The van der Waals surface area contributed by atoms with Crippen LogP contribution in [0.1, 0.15) is 46.8 Å². The molecule has 0 atom stereocenters. The van der Waals surface area contributed by atoms with E-state index in [2.05, 4.69) is 36.3 Å². The van der Waals surface area contributed by atoms with Crippen LogP contribution in [-0.2, 0) is 0 Å². The topological polar surface area (TPSA) is 55.1 Å². The lowest BCUT2D eigenvalue weighted by Gasteiger charge is -2.07. The Morgan fingerprint density at radius 1 is 0.931 bits per heavy atom. The van der Waals surface area contributed by atoms with Crippen LogP contribution in [0.25, 0.3) is 22.6 Å². The summed E-state index contributed by atoms with van der Waals surface area (Å²) < 4.78 is 5.91. The second kappa shape index (κ2) is 7.55. The smallest absolute Gasteiger partial charge is 0.255 e. The van der Waals surface area contributed by atoms with Crippen molar-refractivity contribution in [2.45, 2.75) is 33.6 Å². The maximum atomic E-state index is 12.5. The SMILES string of the molecule is Cc1ccc(C(=O)Nc2ccc(-c3nc4cc(C(C)C)ccc4o3)cc2)cc1C. The van der Waals surface area contributed by atoms with Crippen molar-refractivity contribution in [2.24, 2.45) is 0 Å². The summed E-state index contributed by atoms with van der Waals surface area (Å²) in [5.74, 6) is 0.900. The van der Waals surface area contributed by atoms with E-state index in [0.717, 1.165) is 27.9 Å². The number of rotatable bonds is 4. The summed E-state index contributed by atoms with van der Waals surface area (Å²) in [5, 5.41) is 2.94. The number of benzene rings is 3. The van der Waals surface area contributed by atoms with Crippen LogP contribution >= 0.6 is 0 Å². The highest BCUT2D eigenvalue weighted by atomic mass is 16.3. The molecule has 4 heteroatoms. The van der Waals surface area contributed by atoms with E-state index in [9.17, 15) is 4.79 Å². The highest BCUT2D eigenvalue weighted by molar-refractivity contribution is 6.04. The van der Waals surface area contributed by atoms with Crippen LogP contribution in [-0.4, -0.2) is 10.9 Å². The fourth-order valence-corrected chi connectivity index (χ4v) is 3.21. The van der Waals surface area contributed by atoms with Crippen molar-refractivity contribution >= 4 is 22.7 Å². The number of carbonyl (C=O) groups excluding carboxylic acids is 1. The lowest BCUT2D eigenvalue weighted by atomic mass is 10.0. The van der Waals surface area contributed by atoms with Gasteiger partial charge in [-0.2, -0.15) is 0 Å². The summed E-state index contributed by atoms with van der Waals surface area (Å²) >= 11 is 0. The Morgan fingerprint density at radius 2 is 1.69 bits per heavy atom. The third-order valence-corrected chi connectivity index (χ3v) is 5.24. The van der Waals surface area contributed by atoms with Gasteiger partial charge in [-0.1, -0.05) is 26.0 Å². The molecule has 4 rings (SSSR count). The molecule has 3 aromatic carbocycles. The zero-order valence-corrected chi connectivity index (χ0v) is 17.1. The van der Waals surface area contributed by atoms with E-state index < -0.39 is 0 Å². The zero-order chi connectivity index (χ0) is 20.5. The lowest BCUT2D eigenvalue weighted by molar-refractivity contribution is 0.102. The summed E-state index contributed by atoms with van der Waals surface area (Å²) in [5.41, 5.74) is 7.40. The van der Waals surface area contributed by atoms with Gasteiger partial charge >= 0.3 is 0 Å². The molecule has 0 bridgehead atoms. The molecule has 0 aliphatic rings. The summed E-state index contributed by atoms with van der Waals surface area (Å²) in [4.78, 5) is 17.1. The minimum atomic E-state index is -0.121. The van der Waals surface area contributed by atoms with E-state index in [1.54, 1.807) is 0 Å². The molecular formula is C25H24N2O2. The monoisotopic (exact) mass is 384 g/mol. The maximum Gasteiger partial charge on any atom is 0.255 e. The Morgan fingerprint density at radius 3 is 2.38 bits per heavy atom. The predicted molar refractivity (Wildman–Crippen MR) is 117 cm³/mol. The average Bonchev–Trinajstić information content (AvgIpc) is 3.13. The first-order valence-corrected chi connectivity index (χ1v) is 9.80. The van der Waals surface area contributed by atoms with Crippen molar-refractivity contribution in [3.05, 3.63) is 82.9 Å². The lowest BCUT2D eigenvalue weighted by Crippen LogP contribution is -2.12. The number of nitrogens with zero attached hydrogens (tertiary/aromatic N) is 1. The number of hydrogen-bond donors (Lipinski definition) is 1. The molecule has 1 N–H and O–H groups in total. The van der Waals surface area contributed by atoms with Crippen molar-refractivity contribution < 1.29 is 9.21 Å². The van der Waals surface area contributed by atoms with Crippen LogP contribution in [0, 0.1) is 13.8 Å². The van der Waals surface area contributed by atoms with Gasteiger partial charge in [0.05, 0.1) is 0 Å². The van der Waals surface area contributed by atoms with Crippen molar-refractivity contribution in [1.82, 2.24) is 4.98 Å². The molecule has 0 saturated carbocycles. The third kappa shape index (κ3) is 3.92. The molecule has 0 aliphatic carbocycles. The van der Waals surface area contributed by atoms with E-state index in [1.807, 2.05) is 62.4 Å². The van der Waals surface area contributed by atoms with E-state index in [0.29, 0.717) is 17.4 Å². The summed E-state index contributed by atoms with van der Waals surface area (Å²) in [7, 11) is 0. The van der Waals surface area contributed by atoms with E-state index >= 15 is 0 Å². The maximum absolute atomic E-state index is 12.5. The number of anilines is 1. The number of aromatic nitrogens is 1. The number of carbonyl (C=O) groups is 1. The van der Waals surface area contributed by atoms with Crippen LogP contribution in [0.2, 0.25) is 0 Å². The summed E-state index contributed by atoms with van der Waals surface area (Å²) in [6, 6.07) is 19.4. The second-order valence-electron chi connectivity index (χ2n) is 7.73. The standard InChI is InChI=1S/C25H24N2O2/c1-15(2)19-9-12-23-22(14-19)27-25(29-23)18-7-10-21(11-8-18)26-24(28)20-6-5-16(3)17(4)13-20/h5-15H,1-4H3,(H,26,28). The average molecular weight is 384 g/mol. The van der Waals surface area contributed by atoms with E-state index in [-0.39, 0.29) is 5.91 Å². The molecule has 1 aromatic heterocycles. The molecule has 0 saturated heterocycles. The summed E-state index contributed by atoms with van der Waals surface area (Å²) in [6.07, 6.45) is 0. The quantitative estimate of drug-likeness (QED) is 0.438. The van der Waals surface area contributed by atoms with Gasteiger partial charge in [-0.3, -0.25) is 4.79 Å². The zero-order valence-electron chi connectivity index (χ0n) is 17.1. The van der Waals surface area contributed by atoms with Crippen LogP contribution in [0.5, 0.6) is 0 Å². The van der Waals surface area contributed by atoms with Gasteiger partial charge in [0.15, 0.2) is 5.58 Å². The van der Waals surface area contributed by atoms with Gasteiger partial charge in [-0.05, 0) is 85.0 Å². The summed E-state index contributed by atoms with van der Waals surface area (Å²) in [6.45, 7) is 8.36. The van der Waals surface area contributed by atoms with Gasteiger partial charge in [-0.25, -0.2) is 4.98 Å². The number of oxazole rings is 1. The highest BCUT2D eigenvalue weighted by Crippen LogP contribution is 2.27. The highest BCUT2D eigenvalue weighted by Gasteiger charge is 2.11. The Balaban J connectivity index is 1.53. The number of nitrogens with one attached hydrogen (secondary N) is 1. The predicted octanol–water partition coefficient (Wildman–Crippen LogP) is 6.49. The van der Waals surface area contributed by atoms with Gasteiger partial charge in [0, 0.05) is 16.8 Å². The Hall–Kier alpha value is -3.40. The Bertz CT molecular complexity index is 1190. The minimum absolute atomic E-state index is 0.121. The number of hydrogen-bond acceptors (Lipinski definition) is 3. The molecule has 4 nitrogen and oxygen atoms in total. The van der Waals surface area contributed by atoms with Gasteiger partial charge in [0.1, 0.15) is 5.52 Å². The molecule has 4 aromatic rings. The first-order chi connectivity index (χ1) is 13.9. The second-order valence-corrected chi connectivity index (χ2v) is 7.73. The normalized spacial score (nSPS) is 11.2. The van der Waals surface area contributed by atoms with Gasteiger partial charge in [0.25, 0.3) is 5.91 Å². The molecule has 0 unspecified atom stereocenters. The van der Waals surface area contributed by atoms with Gasteiger partial charge < -0.3 is 9.73 Å². The van der Waals surface area contributed by atoms with Gasteiger partial charge in [0.2, 0.25) is 5.89 Å². The van der Waals surface area contributed by atoms with Gasteiger partial charge in [-0.15, -0.1) is 0 Å². The molecule has 146 valence electrons. The van der Waals surface area contributed by atoms with Crippen LogP contribution in [0.15, 0.2) is 65.1 Å². The molecule has 0 fully saturated rings. The van der Waals surface area contributed by atoms with Crippen molar-refractivity contribution in [3.8, 4) is 11.5 Å². The molecule has 0 spiro atoms. The largest absolute Gasteiger partial charge is 0.436 e. The first kappa shape index (κ1) is 18.9. The Labute approximate surface area is 170 Å². The number of aryl methyl sites for hydroxylation is 2. The molecular weight excluding hydrogens is 360 g/mol. The van der Waals surface area contributed by atoms with Crippen molar-refractivity contribution in [2.75, 3.05) is 5.32 Å². The molecule has 1 amide bonds. The molecule has 1 heterocycles. The first-order valence-electron chi connectivity index (χ1n) is 9.80. The fraction of sp³-hybridized carbons (Fsp3) is 0.200. The molecule has 29 heavy (non-hydrogen) atoms. The van der Waals surface area contributed by atoms with E-state index in [1.165, 1.54) is 11.1 Å². The van der Waals surface area contributed by atoms with Crippen LogP contribution in [0.4, 0.5) is 5.69 Å². The molecule has 0 radical (unpaired) electrons. The fourth-order valence-electron chi connectivity index (χ4n) is 3.21. The molecule has 0 aliphatic heterocycles. The number of amides is 1. The number of fused-ring (bicyclic) bond motifs is 1.